The van der Waals surface area contributed by atoms with E-state index in [-0.39, 0.29) is 0 Å². The lowest BCUT2D eigenvalue weighted by Crippen LogP contribution is -2.02. The SMILES string of the molecule is c1ccc(-c2ccc(-c3nc(-c4cccc5ccccc45)nc(-c4cccc5ccccc45)n3)cc2-n2c3ccccc3c3ccccc32)cc1. The molecule has 0 unspecified atom stereocenters. The first kappa shape index (κ1) is 29.0. The molecule has 0 aliphatic heterocycles. The maximum absolute atomic E-state index is 5.25. The van der Waals surface area contributed by atoms with E-state index >= 15 is 0 Å². The van der Waals surface area contributed by atoms with E-state index < -0.39 is 0 Å². The van der Waals surface area contributed by atoms with Gasteiger partial charge in [0, 0.05) is 33.0 Å². The molecule has 51 heavy (non-hydrogen) atoms. The van der Waals surface area contributed by atoms with E-state index in [1.54, 1.807) is 0 Å². The summed E-state index contributed by atoms with van der Waals surface area (Å²) in [6.07, 6.45) is 0. The highest BCUT2D eigenvalue weighted by molar-refractivity contribution is 6.10. The molecule has 0 atom stereocenters. The number of hydrogen-bond donors (Lipinski definition) is 0. The number of hydrogen-bond acceptors (Lipinski definition) is 3. The van der Waals surface area contributed by atoms with Gasteiger partial charge in [0.25, 0.3) is 0 Å². The molecule has 0 saturated heterocycles. The average molecular weight is 651 g/mol. The van der Waals surface area contributed by atoms with Crippen molar-refractivity contribution in [3.8, 4) is 51.0 Å². The van der Waals surface area contributed by atoms with Crippen LogP contribution in [0.15, 0.2) is 182 Å². The van der Waals surface area contributed by atoms with Crippen molar-refractivity contribution in [3.05, 3.63) is 182 Å². The largest absolute Gasteiger partial charge is 0.309 e. The molecule has 8 aromatic carbocycles. The number of aromatic nitrogens is 4. The van der Waals surface area contributed by atoms with Crippen LogP contribution in [0.5, 0.6) is 0 Å². The Morgan fingerprint density at radius 3 is 1.37 bits per heavy atom. The molecule has 10 aromatic rings. The zero-order valence-electron chi connectivity index (χ0n) is 27.6. The zero-order valence-corrected chi connectivity index (χ0v) is 27.6. The van der Waals surface area contributed by atoms with Crippen LogP contribution in [0.4, 0.5) is 0 Å². The van der Waals surface area contributed by atoms with Crippen molar-refractivity contribution in [1.29, 1.82) is 0 Å². The maximum Gasteiger partial charge on any atom is 0.164 e. The summed E-state index contributed by atoms with van der Waals surface area (Å²) in [5.41, 5.74) is 8.50. The average Bonchev–Trinajstić information content (AvgIpc) is 3.54. The maximum atomic E-state index is 5.25. The van der Waals surface area contributed by atoms with Crippen LogP contribution in [-0.4, -0.2) is 19.5 Å². The summed E-state index contributed by atoms with van der Waals surface area (Å²) in [5, 5.41) is 6.93. The Morgan fingerprint density at radius 2 is 0.784 bits per heavy atom. The van der Waals surface area contributed by atoms with Gasteiger partial charge in [0.15, 0.2) is 17.5 Å². The van der Waals surface area contributed by atoms with Crippen LogP contribution in [0, 0.1) is 0 Å². The number of para-hydroxylation sites is 2. The molecule has 0 N–H and O–H groups in total. The van der Waals surface area contributed by atoms with Crippen molar-refractivity contribution in [2.45, 2.75) is 0 Å². The lowest BCUT2D eigenvalue weighted by Gasteiger charge is -2.16. The number of rotatable bonds is 5. The van der Waals surface area contributed by atoms with Crippen molar-refractivity contribution in [3.63, 3.8) is 0 Å². The van der Waals surface area contributed by atoms with Gasteiger partial charge in [-0.2, -0.15) is 0 Å². The van der Waals surface area contributed by atoms with Crippen LogP contribution in [0.3, 0.4) is 0 Å². The van der Waals surface area contributed by atoms with Gasteiger partial charge in [-0.3, -0.25) is 0 Å². The van der Waals surface area contributed by atoms with Gasteiger partial charge >= 0.3 is 0 Å². The van der Waals surface area contributed by atoms with Gasteiger partial charge in [-0.15, -0.1) is 0 Å². The second-order valence-electron chi connectivity index (χ2n) is 12.8. The minimum absolute atomic E-state index is 0.623. The molecule has 4 heteroatoms. The minimum Gasteiger partial charge on any atom is -0.309 e. The minimum atomic E-state index is 0.623. The zero-order chi connectivity index (χ0) is 33.7. The van der Waals surface area contributed by atoms with Crippen molar-refractivity contribution < 1.29 is 0 Å². The van der Waals surface area contributed by atoms with Gasteiger partial charge in [0.1, 0.15) is 0 Å². The van der Waals surface area contributed by atoms with Gasteiger partial charge < -0.3 is 4.57 Å². The van der Waals surface area contributed by atoms with E-state index in [2.05, 4.69) is 187 Å². The van der Waals surface area contributed by atoms with Gasteiger partial charge in [0.05, 0.1) is 16.7 Å². The van der Waals surface area contributed by atoms with Crippen molar-refractivity contribution in [1.82, 2.24) is 19.5 Å². The quantitative estimate of drug-likeness (QED) is 0.186. The summed E-state index contributed by atoms with van der Waals surface area (Å²) >= 11 is 0. The van der Waals surface area contributed by atoms with E-state index in [1.165, 1.54) is 10.8 Å². The van der Waals surface area contributed by atoms with Crippen LogP contribution in [0.25, 0.3) is 94.3 Å². The van der Waals surface area contributed by atoms with Crippen molar-refractivity contribution >= 4 is 43.4 Å². The van der Waals surface area contributed by atoms with E-state index in [0.29, 0.717) is 17.5 Å². The van der Waals surface area contributed by atoms with Crippen molar-refractivity contribution in [2.24, 2.45) is 0 Å². The predicted molar refractivity (Wildman–Crippen MR) is 211 cm³/mol. The second kappa shape index (κ2) is 11.9. The Hall–Kier alpha value is -6.91. The normalized spacial score (nSPS) is 11.5. The number of fused-ring (bicyclic) bond motifs is 5. The lowest BCUT2D eigenvalue weighted by molar-refractivity contribution is 1.08. The van der Waals surface area contributed by atoms with Crippen LogP contribution in [0.2, 0.25) is 0 Å². The Bertz CT molecular complexity index is 2760. The fraction of sp³-hybridized carbons (Fsp3) is 0. The lowest BCUT2D eigenvalue weighted by atomic mass is 10.00. The summed E-state index contributed by atoms with van der Waals surface area (Å²) in [6.45, 7) is 0. The molecule has 0 bridgehead atoms. The molecular formula is C47H30N4. The molecule has 0 spiro atoms. The summed E-state index contributed by atoms with van der Waals surface area (Å²) in [5.74, 6) is 1.91. The van der Waals surface area contributed by atoms with E-state index in [9.17, 15) is 0 Å². The summed E-state index contributed by atoms with van der Waals surface area (Å²) in [7, 11) is 0. The van der Waals surface area contributed by atoms with Gasteiger partial charge in [-0.05, 0) is 45.3 Å². The molecule has 0 saturated carbocycles. The third-order valence-corrected chi connectivity index (χ3v) is 9.86. The fourth-order valence-electron chi connectivity index (χ4n) is 7.49. The third-order valence-electron chi connectivity index (χ3n) is 9.86. The molecule has 10 rings (SSSR count). The second-order valence-corrected chi connectivity index (χ2v) is 12.8. The molecule has 238 valence electrons. The number of nitrogens with zero attached hydrogens (tertiary/aromatic N) is 4. The highest BCUT2D eigenvalue weighted by Gasteiger charge is 2.20. The van der Waals surface area contributed by atoms with E-state index in [0.717, 1.165) is 66.1 Å². The highest BCUT2D eigenvalue weighted by atomic mass is 15.0. The highest BCUT2D eigenvalue weighted by Crippen LogP contribution is 2.39. The monoisotopic (exact) mass is 650 g/mol. The molecule has 4 nitrogen and oxygen atoms in total. The third kappa shape index (κ3) is 4.88. The molecule has 0 aliphatic carbocycles. The Balaban J connectivity index is 1.27. The smallest absolute Gasteiger partial charge is 0.164 e. The topological polar surface area (TPSA) is 43.6 Å². The summed E-state index contributed by atoms with van der Waals surface area (Å²) < 4.78 is 2.38. The van der Waals surface area contributed by atoms with Gasteiger partial charge in [-0.25, -0.2) is 15.0 Å². The van der Waals surface area contributed by atoms with E-state index in [4.69, 9.17) is 15.0 Å². The molecule has 2 aromatic heterocycles. The molecule has 2 heterocycles. The predicted octanol–water partition coefficient (Wildman–Crippen LogP) is 11.9. The molecule has 0 fully saturated rings. The first-order chi connectivity index (χ1) is 25.3. The Kier molecular flexibility index (Phi) is 6.78. The van der Waals surface area contributed by atoms with Gasteiger partial charge in [0.2, 0.25) is 0 Å². The fourth-order valence-corrected chi connectivity index (χ4v) is 7.49. The van der Waals surface area contributed by atoms with Crippen LogP contribution < -0.4 is 0 Å². The molecule has 0 radical (unpaired) electrons. The van der Waals surface area contributed by atoms with Crippen molar-refractivity contribution in [2.75, 3.05) is 0 Å². The van der Waals surface area contributed by atoms with Crippen LogP contribution >= 0.6 is 0 Å². The standard InChI is InChI=1S/C47H30N4/c1-2-14-33(15-3-1)37-29-28-34(30-44(37)51-42-26-10-8-22-38(42)39-23-9-11-27-43(39)51)45-48-46(40-24-12-18-31-16-4-6-20-35(31)40)50-47(49-45)41-25-13-19-32-17-5-7-21-36(32)41/h1-30H. The first-order valence-corrected chi connectivity index (χ1v) is 17.2. The van der Waals surface area contributed by atoms with Crippen LogP contribution in [0.1, 0.15) is 0 Å². The number of benzene rings is 8. The van der Waals surface area contributed by atoms with Crippen LogP contribution in [-0.2, 0) is 0 Å². The molecular weight excluding hydrogens is 621 g/mol. The van der Waals surface area contributed by atoms with E-state index in [1.807, 2.05) is 0 Å². The summed E-state index contributed by atoms with van der Waals surface area (Å²) in [6, 6.07) is 63.9. The van der Waals surface area contributed by atoms with Gasteiger partial charge in [-0.1, -0.05) is 164 Å². The Morgan fingerprint density at radius 1 is 0.314 bits per heavy atom. The first-order valence-electron chi connectivity index (χ1n) is 17.2. The summed E-state index contributed by atoms with van der Waals surface area (Å²) in [4.78, 5) is 15.7. The molecule has 0 amide bonds. The Labute approximate surface area is 295 Å². The molecule has 0 aliphatic rings.